The summed E-state index contributed by atoms with van der Waals surface area (Å²) < 4.78 is 7.26. The van der Waals surface area contributed by atoms with Gasteiger partial charge in [-0.1, -0.05) is 61.8 Å². The van der Waals surface area contributed by atoms with Gasteiger partial charge in [0.15, 0.2) is 14.6 Å². The molecule has 1 saturated heterocycles. The molecule has 2 rings (SSSR count). The lowest BCUT2D eigenvalue weighted by atomic mass is 9.90. The molecule has 0 spiro atoms. The number of likely N-dealkylation sites (N-methyl/N-ethyl adjacent to an activating group) is 1. The number of allylic oxidation sites excluding steroid dienone is 1. The highest BCUT2D eigenvalue weighted by molar-refractivity contribution is 8.03. The van der Waals surface area contributed by atoms with E-state index in [1.54, 1.807) is 11.8 Å². The summed E-state index contributed by atoms with van der Waals surface area (Å²) in [6.07, 6.45) is 5.08. The maximum Gasteiger partial charge on any atom is 0.245 e. The third-order valence-electron chi connectivity index (χ3n) is 10.5. The summed E-state index contributed by atoms with van der Waals surface area (Å²) in [4.78, 5) is 43.4. The zero-order valence-corrected chi connectivity index (χ0v) is 30.9. The van der Waals surface area contributed by atoms with Crippen molar-refractivity contribution < 1.29 is 18.8 Å². The van der Waals surface area contributed by atoms with Crippen LogP contribution in [0.25, 0.3) is 0 Å². The number of aldehydes is 1. The van der Waals surface area contributed by atoms with Gasteiger partial charge in [0.05, 0.1) is 17.3 Å². The number of rotatable bonds is 18. The molecule has 0 radical (unpaired) electrons. The predicted molar refractivity (Wildman–Crippen MR) is 182 cm³/mol. The van der Waals surface area contributed by atoms with Gasteiger partial charge in [0.2, 0.25) is 11.8 Å². The van der Waals surface area contributed by atoms with E-state index in [-0.39, 0.29) is 35.8 Å². The summed E-state index contributed by atoms with van der Waals surface area (Å²) in [5.41, 5.74) is -0.0866. The van der Waals surface area contributed by atoms with Crippen molar-refractivity contribution in [3.8, 4) is 0 Å². The standard InChI is InChI=1S/C33H62N4O4SSi/c1-12-25(8)29(34-31(40)32(9,10)37-19-17-18-20-37)30(39)36(11)27(24(6)7)21-28(41-43(14-3,15-4)16-5)33(13-2)35-26(22-38)23-42-33/h22-25,27-29,35H,12-21H2,1-11H3,(H,34,40)/t25-,27+,28+,29-,33?/m0/s1. The fourth-order valence-corrected chi connectivity index (χ4v) is 10.7. The van der Waals surface area contributed by atoms with Crippen molar-refractivity contribution in [1.82, 2.24) is 20.4 Å². The average Bonchev–Trinajstić information content (AvgIpc) is 3.71. The molecule has 5 atom stereocenters. The van der Waals surface area contributed by atoms with Crippen molar-refractivity contribution >= 4 is 38.2 Å². The summed E-state index contributed by atoms with van der Waals surface area (Å²) in [5.74, 6) is 0.0139. The number of carbonyl (C=O) groups excluding carboxylic acids is 3. The maximum atomic E-state index is 14.4. The monoisotopic (exact) mass is 638 g/mol. The van der Waals surface area contributed by atoms with E-state index in [0.717, 1.165) is 63.2 Å². The Labute approximate surface area is 268 Å². The van der Waals surface area contributed by atoms with Crippen molar-refractivity contribution in [2.24, 2.45) is 11.8 Å². The number of hydrogen-bond donors (Lipinski definition) is 2. The lowest BCUT2D eigenvalue weighted by Crippen LogP contribution is -2.61. The van der Waals surface area contributed by atoms with Crippen LogP contribution in [-0.4, -0.2) is 85.0 Å². The van der Waals surface area contributed by atoms with Gasteiger partial charge in [-0.2, -0.15) is 0 Å². The molecule has 0 saturated carbocycles. The van der Waals surface area contributed by atoms with Gasteiger partial charge in [0.1, 0.15) is 10.9 Å². The van der Waals surface area contributed by atoms with Crippen molar-refractivity contribution in [2.45, 2.75) is 148 Å². The van der Waals surface area contributed by atoms with Gasteiger partial charge in [-0.3, -0.25) is 19.3 Å². The van der Waals surface area contributed by atoms with E-state index in [1.807, 2.05) is 31.2 Å². The molecular formula is C33H62N4O4SSi. The van der Waals surface area contributed by atoms with Crippen LogP contribution in [-0.2, 0) is 18.8 Å². The molecule has 2 N–H and O–H groups in total. The van der Waals surface area contributed by atoms with Gasteiger partial charge in [-0.15, -0.1) is 11.8 Å². The average molecular weight is 639 g/mol. The highest BCUT2D eigenvalue weighted by atomic mass is 32.2. The van der Waals surface area contributed by atoms with Crippen LogP contribution in [0.2, 0.25) is 18.1 Å². The van der Waals surface area contributed by atoms with Crippen LogP contribution in [0.4, 0.5) is 0 Å². The summed E-state index contributed by atoms with van der Waals surface area (Å²) in [6, 6.07) is 2.33. The highest BCUT2D eigenvalue weighted by Crippen LogP contribution is 2.43. The third kappa shape index (κ3) is 8.67. The van der Waals surface area contributed by atoms with Gasteiger partial charge in [-0.05, 0) is 88.0 Å². The van der Waals surface area contributed by atoms with Crippen molar-refractivity contribution in [1.29, 1.82) is 0 Å². The molecular weight excluding hydrogens is 577 g/mol. The van der Waals surface area contributed by atoms with E-state index in [0.29, 0.717) is 12.1 Å². The van der Waals surface area contributed by atoms with Crippen LogP contribution in [0.5, 0.6) is 0 Å². The molecule has 0 aromatic heterocycles. The Bertz CT molecular complexity index is 958. The number of nitrogens with one attached hydrogen (secondary N) is 2. The van der Waals surface area contributed by atoms with Gasteiger partial charge in [0.25, 0.3) is 0 Å². The molecule has 1 fully saturated rings. The summed E-state index contributed by atoms with van der Waals surface area (Å²) >= 11 is 1.64. The smallest absolute Gasteiger partial charge is 0.245 e. The fourth-order valence-electron chi connectivity index (χ4n) is 6.62. The summed E-state index contributed by atoms with van der Waals surface area (Å²) in [5, 5.41) is 8.64. The Morgan fingerprint density at radius 2 is 1.72 bits per heavy atom. The van der Waals surface area contributed by atoms with Crippen LogP contribution in [0, 0.1) is 11.8 Å². The van der Waals surface area contributed by atoms with Crippen LogP contribution in [0.3, 0.4) is 0 Å². The Morgan fingerprint density at radius 1 is 1.14 bits per heavy atom. The van der Waals surface area contributed by atoms with E-state index in [9.17, 15) is 14.4 Å². The Morgan fingerprint density at radius 3 is 2.16 bits per heavy atom. The Kier molecular flexibility index (Phi) is 14.3. The first kappa shape index (κ1) is 37.8. The molecule has 1 unspecified atom stereocenters. The zero-order chi connectivity index (χ0) is 32.6. The molecule has 8 nitrogen and oxygen atoms in total. The van der Waals surface area contributed by atoms with Crippen molar-refractivity contribution in [3.63, 3.8) is 0 Å². The molecule has 248 valence electrons. The third-order valence-corrected chi connectivity index (χ3v) is 16.6. The highest BCUT2D eigenvalue weighted by Gasteiger charge is 2.48. The van der Waals surface area contributed by atoms with Gasteiger partial charge >= 0.3 is 0 Å². The van der Waals surface area contributed by atoms with Crippen LogP contribution in [0.15, 0.2) is 11.1 Å². The lowest BCUT2D eigenvalue weighted by Gasteiger charge is -2.46. The van der Waals surface area contributed by atoms with Crippen molar-refractivity contribution in [3.05, 3.63) is 11.1 Å². The first-order valence-electron chi connectivity index (χ1n) is 16.8. The SMILES string of the molecule is CC[C@H](C)[C@H](NC(=O)C(C)(C)N1CCCC1)C(=O)N(C)[C@H](C[C@@H](O[Si](CC)(CC)CC)C1(CC)NC(C=O)=CS1)C(C)C. The number of carbonyl (C=O) groups is 3. The molecule has 2 heterocycles. The van der Waals surface area contributed by atoms with E-state index in [2.05, 4.69) is 70.9 Å². The minimum atomic E-state index is -2.04. The fraction of sp³-hybridized carbons (Fsp3) is 0.848. The quantitative estimate of drug-likeness (QED) is 0.138. The van der Waals surface area contributed by atoms with Crippen LogP contribution >= 0.6 is 11.8 Å². The molecule has 0 aliphatic carbocycles. The molecule has 10 heteroatoms. The van der Waals surface area contributed by atoms with Gasteiger partial charge in [-0.25, -0.2) is 0 Å². The van der Waals surface area contributed by atoms with Gasteiger partial charge < -0.3 is 20.0 Å². The molecule has 0 bridgehead atoms. The van der Waals surface area contributed by atoms with E-state index >= 15 is 0 Å². The first-order valence-corrected chi connectivity index (χ1v) is 20.2. The van der Waals surface area contributed by atoms with E-state index in [4.69, 9.17) is 4.43 Å². The van der Waals surface area contributed by atoms with Crippen LogP contribution < -0.4 is 10.6 Å². The van der Waals surface area contributed by atoms with E-state index in [1.165, 1.54) is 0 Å². The number of likely N-dealkylation sites (tertiary alicyclic amines) is 1. The number of amides is 2. The first-order chi connectivity index (χ1) is 20.2. The second-order valence-corrected chi connectivity index (χ2v) is 19.5. The molecule has 2 aliphatic rings. The predicted octanol–water partition coefficient (Wildman–Crippen LogP) is 6.14. The number of thioether (sulfide) groups is 1. The minimum Gasteiger partial charge on any atom is -0.411 e. The van der Waals surface area contributed by atoms with Crippen LogP contribution in [0.1, 0.15) is 101 Å². The largest absolute Gasteiger partial charge is 0.411 e. The normalized spacial score (nSPS) is 22.5. The molecule has 2 amide bonds. The Hall–Kier alpha value is -1.36. The second kappa shape index (κ2) is 16.3. The number of nitrogens with zero attached hydrogens (tertiary/aromatic N) is 2. The minimum absolute atomic E-state index is 0.0122. The molecule has 2 aliphatic heterocycles. The summed E-state index contributed by atoms with van der Waals surface area (Å²) in [7, 11) is -0.145. The number of hydrogen-bond acceptors (Lipinski definition) is 7. The lowest BCUT2D eigenvalue weighted by molar-refractivity contribution is -0.142. The van der Waals surface area contributed by atoms with E-state index < -0.39 is 24.8 Å². The maximum absolute atomic E-state index is 14.4. The molecule has 0 aromatic carbocycles. The topological polar surface area (TPSA) is 91.0 Å². The second-order valence-electron chi connectivity index (χ2n) is 13.6. The summed E-state index contributed by atoms with van der Waals surface area (Å²) in [6.45, 7) is 23.0. The van der Waals surface area contributed by atoms with Crippen molar-refractivity contribution in [2.75, 3.05) is 20.1 Å². The zero-order valence-electron chi connectivity index (χ0n) is 29.0. The van der Waals surface area contributed by atoms with Gasteiger partial charge in [0, 0.05) is 13.1 Å². The Balaban J connectivity index is 2.42. The molecule has 0 aromatic rings. The molecule has 43 heavy (non-hydrogen) atoms.